The zero-order chi connectivity index (χ0) is 24.6. The molecule has 0 aliphatic heterocycles. The summed E-state index contributed by atoms with van der Waals surface area (Å²) in [4.78, 5) is 28.5. The number of nitrogens with zero attached hydrogens (tertiary/aromatic N) is 4. The summed E-state index contributed by atoms with van der Waals surface area (Å²) in [6, 6.07) is 19.7. The Bertz CT molecular complexity index is 1580. The lowest BCUT2D eigenvalue weighted by Gasteiger charge is -2.19. The van der Waals surface area contributed by atoms with Gasteiger partial charge in [0.05, 0.1) is 17.2 Å². The van der Waals surface area contributed by atoms with Gasteiger partial charge in [-0.25, -0.2) is 4.40 Å². The van der Waals surface area contributed by atoms with Gasteiger partial charge < -0.3 is 5.32 Å². The minimum Gasteiger partial charge on any atom is -0.344 e. The lowest BCUT2D eigenvalue weighted by molar-refractivity contribution is -0.119. The molecule has 0 radical (unpaired) electrons. The van der Waals surface area contributed by atoms with Crippen molar-refractivity contribution in [3.63, 3.8) is 0 Å². The van der Waals surface area contributed by atoms with Crippen LogP contribution < -0.4 is 10.9 Å². The van der Waals surface area contributed by atoms with Gasteiger partial charge in [0.2, 0.25) is 11.7 Å². The standard InChI is InChI=1S/C27H25N5O2S2/c1-31-24(34)22-19-14-8-9-15-20(19)36-25(22)32-26(31)29-30-27(32)35-16-21(33)28-23(17-10-4-2-5-11-17)18-12-6-3-7-13-18/h2-7,10-13,23H,8-9,14-16H2,1H3,(H,28,33). The van der Waals surface area contributed by atoms with Gasteiger partial charge in [-0.1, -0.05) is 72.4 Å². The van der Waals surface area contributed by atoms with E-state index in [9.17, 15) is 9.59 Å². The predicted molar refractivity (Wildman–Crippen MR) is 144 cm³/mol. The summed E-state index contributed by atoms with van der Waals surface area (Å²) in [5, 5.41) is 13.3. The van der Waals surface area contributed by atoms with Crippen LogP contribution in [-0.2, 0) is 24.7 Å². The van der Waals surface area contributed by atoms with Crippen molar-refractivity contribution >= 4 is 45.0 Å². The minimum absolute atomic E-state index is 0.0212. The second-order valence-corrected chi connectivity index (χ2v) is 11.0. The summed E-state index contributed by atoms with van der Waals surface area (Å²) in [5.74, 6) is 0.591. The Labute approximate surface area is 216 Å². The van der Waals surface area contributed by atoms with E-state index in [0.29, 0.717) is 10.9 Å². The monoisotopic (exact) mass is 515 g/mol. The highest BCUT2D eigenvalue weighted by molar-refractivity contribution is 7.99. The van der Waals surface area contributed by atoms with Crippen molar-refractivity contribution in [2.24, 2.45) is 7.05 Å². The van der Waals surface area contributed by atoms with E-state index < -0.39 is 0 Å². The van der Waals surface area contributed by atoms with Gasteiger partial charge in [-0.15, -0.1) is 21.5 Å². The molecule has 3 heterocycles. The molecule has 0 fully saturated rings. The van der Waals surface area contributed by atoms with E-state index in [2.05, 4.69) is 15.5 Å². The van der Waals surface area contributed by atoms with Crippen LogP contribution in [0.4, 0.5) is 0 Å². The fraction of sp³-hybridized carbons (Fsp3) is 0.259. The van der Waals surface area contributed by atoms with E-state index in [0.717, 1.165) is 47.0 Å². The smallest absolute Gasteiger partial charge is 0.263 e. The van der Waals surface area contributed by atoms with E-state index in [1.165, 1.54) is 22.2 Å². The first kappa shape index (κ1) is 23.0. The number of amides is 1. The molecule has 2 aromatic carbocycles. The number of nitrogens with one attached hydrogen (secondary N) is 1. The van der Waals surface area contributed by atoms with Crippen LogP contribution in [0, 0.1) is 0 Å². The fourth-order valence-electron chi connectivity index (χ4n) is 4.92. The summed E-state index contributed by atoms with van der Waals surface area (Å²) in [6.45, 7) is 0. The first-order valence-electron chi connectivity index (χ1n) is 12.0. The Hall–Kier alpha value is -3.43. The SMILES string of the molecule is Cn1c(=O)c2c3c(sc2n2c(SCC(=O)NC(c4ccccc4)c4ccccc4)nnc12)CCCC3. The van der Waals surface area contributed by atoms with Gasteiger partial charge in [-0.05, 0) is 42.4 Å². The molecule has 7 nitrogen and oxygen atoms in total. The van der Waals surface area contributed by atoms with Gasteiger partial charge in [-0.2, -0.15) is 0 Å². The van der Waals surface area contributed by atoms with Gasteiger partial charge >= 0.3 is 0 Å². The summed E-state index contributed by atoms with van der Waals surface area (Å²) in [7, 11) is 1.74. The van der Waals surface area contributed by atoms with Crippen molar-refractivity contribution in [2.45, 2.75) is 36.9 Å². The number of hydrogen-bond donors (Lipinski definition) is 1. The second-order valence-electron chi connectivity index (χ2n) is 8.98. The Morgan fingerprint density at radius 1 is 1.03 bits per heavy atom. The summed E-state index contributed by atoms with van der Waals surface area (Å²) >= 11 is 3.01. The molecule has 3 aromatic heterocycles. The number of hydrogen-bond acceptors (Lipinski definition) is 6. The molecule has 182 valence electrons. The van der Waals surface area contributed by atoms with E-state index in [1.807, 2.05) is 65.1 Å². The van der Waals surface area contributed by atoms with Crippen molar-refractivity contribution in [1.29, 1.82) is 0 Å². The van der Waals surface area contributed by atoms with E-state index in [4.69, 9.17) is 0 Å². The zero-order valence-electron chi connectivity index (χ0n) is 19.8. The zero-order valence-corrected chi connectivity index (χ0v) is 21.4. The fourth-order valence-corrected chi connectivity index (χ4v) is 7.10. The number of rotatable bonds is 6. The molecule has 0 unspecified atom stereocenters. The number of carbonyl (C=O) groups excluding carboxylic acids is 1. The highest BCUT2D eigenvalue weighted by Gasteiger charge is 2.24. The van der Waals surface area contributed by atoms with Crippen molar-refractivity contribution in [2.75, 3.05) is 5.75 Å². The molecule has 0 saturated carbocycles. The molecule has 0 bridgehead atoms. The maximum atomic E-state index is 13.2. The van der Waals surface area contributed by atoms with Crippen LogP contribution in [0.3, 0.4) is 0 Å². The molecule has 1 N–H and O–H groups in total. The first-order valence-corrected chi connectivity index (χ1v) is 13.8. The lowest BCUT2D eigenvalue weighted by Crippen LogP contribution is -2.30. The number of thiophene rings is 1. The Morgan fingerprint density at radius 2 is 1.69 bits per heavy atom. The minimum atomic E-state index is -0.243. The molecule has 6 rings (SSSR count). The summed E-state index contributed by atoms with van der Waals surface area (Å²) in [5.41, 5.74) is 3.21. The lowest BCUT2D eigenvalue weighted by atomic mass is 9.97. The molecule has 9 heteroatoms. The van der Waals surface area contributed by atoms with Gasteiger partial charge in [0.1, 0.15) is 4.83 Å². The third kappa shape index (κ3) is 4.02. The number of fused-ring (bicyclic) bond motifs is 5. The molecule has 36 heavy (non-hydrogen) atoms. The first-order chi connectivity index (χ1) is 17.6. The molecular formula is C27H25N5O2S2. The Morgan fingerprint density at radius 3 is 2.39 bits per heavy atom. The van der Waals surface area contributed by atoms with E-state index in [-0.39, 0.29) is 23.3 Å². The summed E-state index contributed by atoms with van der Waals surface area (Å²) < 4.78 is 3.52. The van der Waals surface area contributed by atoms with Crippen molar-refractivity contribution in [1.82, 2.24) is 24.5 Å². The van der Waals surface area contributed by atoms with Crippen molar-refractivity contribution < 1.29 is 4.79 Å². The predicted octanol–water partition coefficient (Wildman–Crippen LogP) is 4.52. The van der Waals surface area contributed by atoms with E-state index in [1.54, 1.807) is 23.0 Å². The quantitative estimate of drug-likeness (QED) is 0.336. The molecule has 1 amide bonds. The number of aromatic nitrogens is 4. The molecule has 0 saturated heterocycles. The van der Waals surface area contributed by atoms with Gasteiger partial charge in [0.15, 0.2) is 5.16 Å². The van der Waals surface area contributed by atoms with Crippen LogP contribution in [0.15, 0.2) is 70.6 Å². The number of benzene rings is 2. The second kappa shape index (κ2) is 9.55. The Kier molecular flexibility index (Phi) is 6.10. The maximum Gasteiger partial charge on any atom is 0.263 e. The molecule has 1 aliphatic carbocycles. The van der Waals surface area contributed by atoms with E-state index >= 15 is 0 Å². The highest BCUT2D eigenvalue weighted by Crippen LogP contribution is 2.36. The number of carbonyl (C=O) groups is 1. The van der Waals surface area contributed by atoms with Crippen LogP contribution >= 0.6 is 23.1 Å². The average molecular weight is 516 g/mol. The van der Waals surface area contributed by atoms with Crippen LogP contribution in [0.25, 0.3) is 16.0 Å². The topological polar surface area (TPSA) is 81.3 Å². The molecule has 1 aliphatic rings. The normalized spacial score (nSPS) is 13.4. The summed E-state index contributed by atoms with van der Waals surface area (Å²) in [6.07, 6.45) is 4.20. The van der Waals surface area contributed by atoms with Crippen LogP contribution in [0.5, 0.6) is 0 Å². The Balaban J connectivity index is 1.30. The third-order valence-electron chi connectivity index (χ3n) is 6.69. The molecule has 5 aromatic rings. The van der Waals surface area contributed by atoms with Gasteiger partial charge in [-0.3, -0.25) is 14.2 Å². The van der Waals surface area contributed by atoms with Gasteiger partial charge in [0.25, 0.3) is 5.56 Å². The molecule has 0 spiro atoms. The van der Waals surface area contributed by atoms with Crippen LogP contribution in [0.1, 0.15) is 40.5 Å². The third-order valence-corrected chi connectivity index (χ3v) is 8.90. The maximum absolute atomic E-state index is 13.2. The molecule has 0 atom stereocenters. The van der Waals surface area contributed by atoms with Gasteiger partial charge in [0, 0.05) is 11.9 Å². The van der Waals surface area contributed by atoms with Crippen LogP contribution in [0.2, 0.25) is 0 Å². The number of aryl methyl sites for hydroxylation is 3. The highest BCUT2D eigenvalue weighted by atomic mass is 32.2. The van der Waals surface area contributed by atoms with Crippen LogP contribution in [-0.4, -0.2) is 30.8 Å². The largest absolute Gasteiger partial charge is 0.344 e. The average Bonchev–Trinajstić information content (AvgIpc) is 3.52. The molecular weight excluding hydrogens is 490 g/mol. The van der Waals surface area contributed by atoms with Crippen molar-refractivity contribution in [3.05, 3.63) is 92.6 Å². The van der Waals surface area contributed by atoms with Crippen molar-refractivity contribution in [3.8, 4) is 0 Å². The number of thioether (sulfide) groups is 1.